The molecule has 2 aliphatic heterocycles. The third kappa shape index (κ3) is 1.24. The molecule has 21 heavy (non-hydrogen) atoms. The molecule has 1 aromatic carbocycles. The minimum absolute atomic E-state index is 0.0287. The van der Waals surface area contributed by atoms with Crippen LogP contribution >= 0.6 is 9.24 Å². The molecule has 0 amide bonds. The number of rotatable bonds is 0. The van der Waals surface area contributed by atoms with Crippen LogP contribution in [0, 0.1) is 0 Å². The van der Waals surface area contributed by atoms with E-state index in [1.807, 2.05) is 0 Å². The van der Waals surface area contributed by atoms with Crippen molar-refractivity contribution in [3.63, 3.8) is 0 Å². The number of allylic oxidation sites excluding steroid dienone is 2. The fraction of sp³-hybridized carbons (Fsp3) is 0.412. The number of aromatic hydroxyl groups is 1. The predicted octanol–water partition coefficient (Wildman–Crippen LogP) is 2.35. The standard InChI is InChI=1S/C17H18NO2P/c1-18-7-6-17-10-3-5-13(21)16(17)20-15-12(19)4-2-9(14(15)17)8-11(10)18/h2-5,11,16,19H,6-8,21H2,1H3. The molecule has 2 aliphatic carbocycles. The number of likely N-dealkylation sites (N-methyl/N-ethyl adjacent to an activating group) is 1. The normalized spacial score (nSPS) is 35.7. The number of benzene rings is 1. The lowest BCUT2D eigenvalue weighted by Crippen LogP contribution is -2.58. The number of hydrogen-bond acceptors (Lipinski definition) is 3. The zero-order valence-corrected chi connectivity index (χ0v) is 13.1. The fourth-order valence-electron chi connectivity index (χ4n) is 4.84. The van der Waals surface area contributed by atoms with E-state index in [1.165, 1.54) is 22.0 Å². The van der Waals surface area contributed by atoms with Crippen molar-refractivity contribution in [2.75, 3.05) is 13.6 Å². The molecule has 2 heterocycles. The Kier molecular flexibility index (Phi) is 2.17. The van der Waals surface area contributed by atoms with E-state index in [-0.39, 0.29) is 17.3 Å². The van der Waals surface area contributed by atoms with E-state index >= 15 is 0 Å². The summed E-state index contributed by atoms with van der Waals surface area (Å²) in [5.41, 5.74) is 4.03. The molecule has 3 nitrogen and oxygen atoms in total. The number of phenols is 1. The molecule has 1 spiro atoms. The lowest BCUT2D eigenvalue weighted by molar-refractivity contribution is 0.116. The van der Waals surface area contributed by atoms with Crippen LogP contribution in [0.3, 0.4) is 0 Å². The van der Waals surface area contributed by atoms with Crippen molar-refractivity contribution in [1.82, 2.24) is 4.90 Å². The van der Waals surface area contributed by atoms with Crippen LogP contribution in [0.1, 0.15) is 17.5 Å². The molecule has 1 saturated heterocycles. The molecule has 4 atom stereocenters. The van der Waals surface area contributed by atoms with Gasteiger partial charge in [-0.3, -0.25) is 4.90 Å². The second-order valence-electron chi connectivity index (χ2n) is 6.66. The highest BCUT2D eigenvalue weighted by molar-refractivity contribution is 7.22. The zero-order valence-electron chi connectivity index (χ0n) is 12.0. The first-order valence-electron chi connectivity index (χ1n) is 7.53. The Morgan fingerprint density at radius 1 is 1.38 bits per heavy atom. The molecule has 1 fully saturated rings. The Hall–Kier alpha value is -1.31. The molecule has 1 N–H and O–H groups in total. The summed E-state index contributed by atoms with van der Waals surface area (Å²) in [5.74, 6) is 1.01. The molecule has 1 aromatic rings. The summed E-state index contributed by atoms with van der Waals surface area (Å²) in [6.07, 6.45) is 6.57. The maximum absolute atomic E-state index is 10.3. The Morgan fingerprint density at radius 2 is 2.24 bits per heavy atom. The van der Waals surface area contributed by atoms with Gasteiger partial charge in [0.15, 0.2) is 11.5 Å². The Morgan fingerprint density at radius 3 is 3.10 bits per heavy atom. The van der Waals surface area contributed by atoms with E-state index in [1.54, 1.807) is 6.07 Å². The van der Waals surface area contributed by atoms with Crippen molar-refractivity contribution < 1.29 is 9.84 Å². The third-order valence-electron chi connectivity index (χ3n) is 5.79. The first-order valence-corrected chi connectivity index (χ1v) is 8.10. The van der Waals surface area contributed by atoms with Crippen LogP contribution in [0.25, 0.3) is 0 Å². The molecular formula is C17H18NO2P. The van der Waals surface area contributed by atoms with Crippen LogP contribution in [-0.2, 0) is 11.8 Å². The summed E-state index contributed by atoms with van der Waals surface area (Å²) in [6.45, 7) is 1.08. The molecule has 0 radical (unpaired) electrons. The highest BCUT2D eigenvalue weighted by atomic mass is 31.0. The monoisotopic (exact) mass is 299 g/mol. The molecule has 2 bridgehead atoms. The smallest absolute Gasteiger partial charge is 0.166 e. The quantitative estimate of drug-likeness (QED) is 0.747. The van der Waals surface area contributed by atoms with E-state index in [0.717, 1.165) is 25.1 Å². The Bertz CT molecular complexity index is 739. The fourth-order valence-corrected chi connectivity index (χ4v) is 5.29. The van der Waals surface area contributed by atoms with Crippen LogP contribution in [0.15, 0.2) is 35.2 Å². The van der Waals surface area contributed by atoms with Crippen molar-refractivity contribution in [1.29, 1.82) is 0 Å². The topological polar surface area (TPSA) is 32.7 Å². The van der Waals surface area contributed by atoms with Gasteiger partial charge >= 0.3 is 0 Å². The third-order valence-corrected chi connectivity index (χ3v) is 6.28. The molecule has 4 aliphatic rings. The van der Waals surface area contributed by atoms with Crippen molar-refractivity contribution in [3.8, 4) is 11.5 Å². The minimum Gasteiger partial charge on any atom is -0.504 e. The van der Waals surface area contributed by atoms with Gasteiger partial charge in [0, 0.05) is 11.6 Å². The van der Waals surface area contributed by atoms with Gasteiger partial charge in [0.05, 0.1) is 5.41 Å². The van der Waals surface area contributed by atoms with E-state index in [0.29, 0.717) is 6.04 Å². The van der Waals surface area contributed by atoms with Crippen molar-refractivity contribution in [3.05, 3.63) is 46.3 Å². The maximum atomic E-state index is 10.3. The average molecular weight is 299 g/mol. The highest BCUT2D eigenvalue weighted by Crippen LogP contribution is 2.62. The van der Waals surface area contributed by atoms with Gasteiger partial charge in [-0.15, -0.1) is 9.24 Å². The molecule has 108 valence electrons. The summed E-state index contributed by atoms with van der Waals surface area (Å²) in [6, 6.07) is 4.34. The van der Waals surface area contributed by atoms with E-state index in [9.17, 15) is 5.11 Å². The number of nitrogens with zero attached hydrogens (tertiary/aromatic N) is 1. The number of hydrogen-bond donors (Lipinski definition) is 1. The van der Waals surface area contributed by atoms with Crippen molar-refractivity contribution in [2.24, 2.45) is 0 Å². The largest absolute Gasteiger partial charge is 0.504 e. The molecule has 0 saturated carbocycles. The van der Waals surface area contributed by atoms with Crippen molar-refractivity contribution >= 4 is 9.24 Å². The summed E-state index contributed by atoms with van der Waals surface area (Å²) < 4.78 is 6.26. The van der Waals surface area contributed by atoms with Gasteiger partial charge in [-0.05, 0) is 49.0 Å². The summed E-state index contributed by atoms with van der Waals surface area (Å²) in [4.78, 5) is 2.46. The van der Waals surface area contributed by atoms with Gasteiger partial charge in [0.1, 0.15) is 6.10 Å². The van der Waals surface area contributed by atoms with Gasteiger partial charge in [-0.2, -0.15) is 0 Å². The second kappa shape index (κ2) is 3.71. The maximum Gasteiger partial charge on any atom is 0.166 e. The van der Waals surface area contributed by atoms with Gasteiger partial charge < -0.3 is 9.84 Å². The van der Waals surface area contributed by atoms with Gasteiger partial charge in [0.2, 0.25) is 0 Å². The van der Waals surface area contributed by atoms with Crippen LogP contribution < -0.4 is 4.74 Å². The number of ether oxygens (including phenoxy) is 1. The number of phenolic OH excluding ortho intramolecular Hbond substituents is 1. The molecular weight excluding hydrogens is 281 g/mol. The lowest BCUT2D eigenvalue weighted by atomic mass is 9.57. The van der Waals surface area contributed by atoms with E-state index in [4.69, 9.17) is 4.74 Å². The van der Waals surface area contributed by atoms with E-state index < -0.39 is 0 Å². The number of piperidine rings is 1. The first-order chi connectivity index (χ1) is 10.1. The van der Waals surface area contributed by atoms with Crippen LogP contribution in [0.2, 0.25) is 0 Å². The SMILES string of the molecule is CN1CCC23C4=CC=C(P)C2Oc2c(O)ccc(c23)CC41. The Balaban J connectivity index is 1.89. The Labute approximate surface area is 126 Å². The van der Waals surface area contributed by atoms with Crippen LogP contribution in [0.5, 0.6) is 11.5 Å². The second-order valence-corrected chi connectivity index (χ2v) is 7.32. The number of likely N-dealkylation sites (tertiary alicyclic amines) is 1. The van der Waals surface area contributed by atoms with Gasteiger partial charge in [-0.1, -0.05) is 18.2 Å². The van der Waals surface area contributed by atoms with Crippen LogP contribution in [0.4, 0.5) is 0 Å². The average Bonchev–Trinajstić information content (AvgIpc) is 2.83. The van der Waals surface area contributed by atoms with Crippen molar-refractivity contribution in [2.45, 2.75) is 30.4 Å². The first kappa shape index (κ1) is 12.3. The summed E-state index contributed by atoms with van der Waals surface area (Å²) in [7, 11) is 5.05. The van der Waals surface area contributed by atoms with Crippen LogP contribution in [-0.4, -0.2) is 35.7 Å². The minimum atomic E-state index is -0.0509. The molecule has 5 rings (SSSR count). The zero-order chi connectivity index (χ0) is 14.4. The molecule has 4 heteroatoms. The summed E-state index contributed by atoms with van der Waals surface area (Å²) in [5, 5.41) is 11.4. The lowest BCUT2D eigenvalue weighted by Gasteiger charge is -2.53. The predicted molar refractivity (Wildman–Crippen MR) is 84.8 cm³/mol. The molecule has 4 unspecified atom stereocenters. The highest BCUT2D eigenvalue weighted by Gasteiger charge is 2.60. The molecule has 0 aromatic heterocycles. The summed E-state index contributed by atoms with van der Waals surface area (Å²) >= 11 is 0. The van der Waals surface area contributed by atoms with E-state index in [2.05, 4.69) is 39.4 Å². The van der Waals surface area contributed by atoms with Gasteiger partial charge in [-0.25, -0.2) is 0 Å². The van der Waals surface area contributed by atoms with Gasteiger partial charge in [0.25, 0.3) is 0 Å².